The van der Waals surface area contributed by atoms with Crippen LogP contribution in [0.3, 0.4) is 0 Å². The molecule has 0 N–H and O–H groups in total. The molecule has 3 aromatic rings. The lowest BCUT2D eigenvalue weighted by atomic mass is 10.1. The normalized spacial score (nSPS) is 10.7. The molecule has 0 radical (unpaired) electrons. The molecule has 1 heterocycles. The summed E-state index contributed by atoms with van der Waals surface area (Å²) in [4.78, 5) is 22.6. The average Bonchev–Trinajstić information content (AvgIpc) is 2.92. The predicted octanol–water partition coefficient (Wildman–Crippen LogP) is 3.71. The van der Waals surface area contributed by atoms with Crippen LogP contribution in [0.15, 0.2) is 52.9 Å². The number of nitrogens with zero attached hydrogens (tertiary/aromatic N) is 1. The second kappa shape index (κ2) is 4.82. The number of rotatable bonds is 3. The molecule has 0 atom stereocenters. The van der Waals surface area contributed by atoms with E-state index in [1.165, 1.54) is 42.5 Å². The topological polar surface area (TPSA) is 73.3 Å². The van der Waals surface area contributed by atoms with Crippen molar-refractivity contribution in [3.05, 3.63) is 75.8 Å². The molecule has 21 heavy (non-hydrogen) atoms. The first-order chi connectivity index (χ1) is 10.1. The minimum Gasteiger partial charge on any atom is -0.449 e. The lowest BCUT2D eigenvalue weighted by Gasteiger charge is -1.99. The number of nitro benzene ring substituents is 1. The van der Waals surface area contributed by atoms with Gasteiger partial charge in [0.2, 0.25) is 5.78 Å². The van der Waals surface area contributed by atoms with Crippen LogP contribution in [0.1, 0.15) is 16.1 Å². The Bertz CT molecular complexity index is 869. The molecular weight excluding hydrogens is 277 g/mol. The summed E-state index contributed by atoms with van der Waals surface area (Å²) in [5, 5.41) is 11.4. The number of carbonyl (C=O) groups excluding carboxylic acids is 1. The van der Waals surface area contributed by atoms with Gasteiger partial charge in [-0.25, -0.2) is 4.39 Å². The zero-order chi connectivity index (χ0) is 15.0. The highest BCUT2D eigenvalue weighted by Gasteiger charge is 2.23. The Balaban J connectivity index is 2.13. The van der Waals surface area contributed by atoms with Crippen molar-refractivity contribution in [3.63, 3.8) is 0 Å². The molecule has 6 heteroatoms. The van der Waals surface area contributed by atoms with E-state index in [4.69, 9.17) is 4.42 Å². The summed E-state index contributed by atoms with van der Waals surface area (Å²) in [6.07, 6.45) is 0. The Kier molecular flexibility index (Phi) is 2.98. The van der Waals surface area contributed by atoms with Crippen LogP contribution in [0.5, 0.6) is 0 Å². The van der Waals surface area contributed by atoms with Crippen molar-refractivity contribution in [3.8, 4) is 0 Å². The first-order valence-electron chi connectivity index (χ1n) is 6.04. The lowest BCUT2D eigenvalue weighted by molar-refractivity contribution is -0.385. The quantitative estimate of drug-likeness (QED) is 0.417. The van der Waals surface area contributed by atoms with Crippen molar-refractivity contribution in [2.45, 2.75) is 0 Å². The highest BCUT2D eigenvalue weighted by atomic mass is 19.1. The van der Waals surface area contributed by atoms with Crippen LogP contribution in [0, 0.1) is 15.9 Å². The third-order valence-corrected chi connectivity index (χ3v) is 3.07. The van der Waals surface area contributed by atoms with Crippen LogP contribution in [-0.2, 0) is 0 Å². The second-order valence-electron chi connectivity index (χ2n) is 4.37. The SMILES string of the molecule is O=C(c1cc2cccc(F)c2o1)c1ccccc1[N+](=O)[O-]. The molecule has 0 amide bonds. The van der Waals surface area contributed by atoms with E-state index in [1.807, 2.05) is 0 Å². The number of halogens is 1. The molecule has 0 fully saturated rings. The fraction of sp³-hybridized carbons (Fsp3) is 0. The van der Waals surface area contributed by atoms with Gasteiger partial charge < -0.3 is 4.42 Å². The van der Waals surface area contributed by atoms with E-state index in [9.17, 15) is 19.3 Å². The summed E-state index contributed by atoms with van der Waals surface area (Å²) >= 11 is 0. The van der Waals surface area contributed by atoms with Gasteiger partial charge in [-0.05, 0) is 18.2 Å². The summed E-state index contributed by atoms with van der Waals surface area (Å²) in [6.45, 7) is 0. The van der Waals surface area contributed by atoms with E-state index in [1.54, 1.807) is 6.07 Å². The lowest BCUT2D eigenvalue weighted by Crippen LogP contribution is -2.04. The molecule has 2 aromatic carbocycles. The van der Waals surface area contributed by atoms with Gasteiger partial charge in [0.15, 0.2) is 17.2 Å². The van der Waals surface area contributed by atoms with E-state index in [2.05, 4.69) is 0 Å². The molecular formula is C15H8FNO4. The van der Waals surface area contributed by atoms with Crippen molar-refractivity contribution >= 4 is 22.4 Å². The molecule has 0 aliphatic carbocycles. The Labute approximate surface area is 117 Å². The Morgan fingerprint density at radius 1 is 1.14 bits per heavy atom. The van der Waals surface area contributed by atoms with E-state index in [0.717, 1.165) is 0 Å². The molecule has 5 nitrogen and oxygen atoms in total. The monoisotopic (exact) mass is 285 g/mol. The van der Waals surface area contributed by atoms with E-state index >= 15 is 0 Å². The number of furan rings is 1. The molecule has 0 aliphatic heterocycles. The molecule has 1 aromatic heterocycles. The first-order valence-corrected chi connectivity index (χ1v) is 6.04. The van der Waals surface area contributed by atoms with Crippen molar-refractivity contribution in [1.82, 2.24) is 0 Å². The molecule has 0 saturated carbocycles. The van der Waals surface area contributed by atoms with Gasteiger partial charge in [-0.2, -0.15) is 0 Å². The van der Waals surface area contributed by atoms with Crippen LogP contribution in [0.2, 0.25) is 0 Å². The van der Waals surface area contributed by atoms with Gasteiger partial charge in [0.1, 0.15) is 5.56 Å². The molecule has 0 spiro atoms. The summed E-state index contributed by atoms with van der Waals surface area (Å²) in [7, 11) is 0. The van der Waals surface area contributed by atoms with Gasteiger partial charge in [-0.1, -0.05) is 24.3 Å². The zero-order valence-corrected chi connectivity index (χ0v) is 10.6. The Morgan fingerprint density at radius 2 is 1.90 bits per heavy atom. The summed E-state index contributed by atoms with van der Waals surface area (Å²) < 4.78 is 18.8. The van der Waals surface area contributed by atoms with Crippen LogP contribution >= 0.6 is 0 Å². The highest BCUT2D eigenvalue weighted by Crippen LogP contribution is 2.26. The molecule has 0 unspecified atom stereocenters. The number of fused-ring (bicyclic) bond motifs is 1. The van der Waals surface area contributed by atoms with Crippen LogP contribution in [-0.4, -0.2) is 10.7 Å². The minimum atomic E-state index is -0.655. The average molecular weight is 285 g/mol. The van der Waals surface area contributed by atoms with Crippen LogP contribution in [0.25, 0.3) is 11.0 Å². The van der Waals surface area contributed by atoms with Gasteiger partial charge in [-0.3, -0.25) is 14.9 Å². The van der Waals surface area contributed by atoms with E-state index in [0.29, 0.717) is 5.39 Å². The second-order valence-corrected chi connectivity index (χ2v) is 4.37. The number of carbonyl (C=O) groups is 1. The Morgan fingerprint density at radius 3 is 2.62 bits per heavy atom. The fourth-order valence-corrected chi connectivity index (χ4v) is 2.10. The molecule has 0 saturated heterocycles. The van der Waals surface area contributed by atoms with Gasteiger partial charge in [0.25, 0.3) is 5.69 Å². The Hall–Kier alpha value is -3.02. The van der Waals surface area contributed by atoms with Gasteiger partial charge in [0, 0.05) is 11.5 Å². The molecule has 104 valence electrons. The maximum absolute atomic E-state index is 13.6. The summed E-state index contributed by atoms with van der Waals surface area (Å²) in [5.74, 6) is -1.38. The van der Waals surface area contributed by atoms with Gasteiger partial charge in [0.05, 0.1) is 4.92 Å². The third-order valence-electron chi connectivity index (χ3n) is 3.07. The summed E-state index contributed by atoms with van der Waals surface area (Å²) in [5.41, 5.74) is -0.454. The largest absolute Gasteiger partial charge is 0.449 e. The third kappa shape index (κ3) is 2.16. The highest BCUT2D eigenvalue weighted by molar-refractivity contribution is 6.11. The number of hydrogen-bond acceptors (Lipinski definition) is 4. The molecule has 3 rings (SSSR count). The first kappa shape index (κ1) is 13.0. The minimum absolute atomic E-state index is 0.0422. The number of para-hydroxylation sites is 2. The standard InChI is InChI=1S/C15H8FNO4/c16-11-6-3-4-9-8-13(21-15(9)11)14(18)10-5-1-2-7-12(10)17(19)20/h1-8H. The zero-order valence-electron chi connectivity index (χ0n) is 10.6. The molecule has 0 bridgehead atoms. The van der Waals surface area contributed by atoms with Crippen molar-refractivity contribution in [2.75, 3.05) is 0 Å². The number of ketones is 1. The smallest absolute Gasteiger partial charge is 0.280 e. The number of nitro groups is 1. The number of hydrogen-bond donors (Lipinski definition) is 0. The maximum atomic E-state index is 13.6. The molecule has 0 aliphatic rings. The fourth-order valence-electron chi connectivity index (χ4n) is 2.10. The number of benzene rings is 2. The van der Waals surface area contributed by atoms with Crippen molar-refractivity contribution in [2.24, 2.45) is 0 Å². The van der Waals surface area contributed by atoms with E-state index in [-0.39, 0.29) is 22.6 Å². The van der Waals surface area contributed by atoms with Crippen LogP contribution in [0.4, 0.5) is 10.1 Å². The van der Waals surface area contributed by atoms with Gasteiger partial charge in [-0.15, -0.1) is 0 Å². The van der Waals surface area contributed by atoms with Crippen LogP contribution < -0.4 is 0 Å². The predicted molar refractivity (Wildman–Crippen MR) is 72.7 cm³/mol. The van der Waals surface area contributed by atoms with Crippen molar-refractivity contribution < 1.29 is 18.5 Å². The van der Waals surface area contributed by atoms with Gasteiger partial charge >= 0.3 is 0 Å². The van der Waals surface area contributed by atoms with E-state index < -0.39 is 16.5 Å². The maximum Gasteiger partial charge on any atom is 0.280 e. The summed E-state index contributed by atoms with van der Waals surface area (Å²) in [6, 6.07) is 11.2. The van der Waals surface area contributed by atoms with Crippen molar-refractivity contribution in [1.29, 1.82) is 0 Å².